The average Bonchev–Trinajstić information content (AvgIpc) is 3.37. The zero-order chi connectivity index (χ0) is 16.5. The first-order valence-corrected chi connectivity index (χ1v) is 7.95. The van der Waals surface area contributed by atoms with Crippen LogP contribution in [-0.2, 0) is 4.74 Å². The fourth-order valence-corrected chi connectivity index (χ4v) is 2.04. The second-order valence-electron chi connectivity index (χ2n) is 5.41. The van der Waals surface area contributed by atoms with Gasteiger partial charge in [-0.25, -0.2) is 4.99 Å². The molecule has 0 radical (unpaired) electrons. The molecular formula is C19H28N2O. The number of nitrogens with zero attached hydrogens (tertiary/aromatic N) is 2. The molecular weight excluding hydrogens is 272 g/mol. The molecule has 3 heteroatoms. The molecule has 3 nitrogen and oxygen atoms in total. The van der Waals surface area contributed by atoms with E-state index in [1.165, 1.54) is 12.8 Å². The van der Waals surface area contributed by atoms with Crippen LogP contribution in [-0.4, -0.2) is 19.0 Å². The van der Waals surface area contributed by atoms with Crippen molar-refractivity contribution in [1.82, 2.24) is 0 Å². The lowest BCUT2D eigenvalue weighted by Gasteiger charge is -2.15. The SMILES string of the molecule is C=C\C(C)=C/N=C(CC)\C(C(=C)C1CC1)=C(\N=C/CC)OC. The van der Waals surface area contributed by atoms with E-state index >= 15 is 0 Å². The Morgan fingerprint density at radius 2 is 2.00 bits per heavy atom. The Morgan fingerprint density at radius 3 is 2.45 bits per heavy atom. The van der Waals surface area contributed by atoms with Gasteiger partial charge in [-0.2, -0.15) is 0 Å². The Morgan fingerprint density at radius 1 is 1.32 bits per heavy atom. The molecule has 1 saturated carbocycles. The summed E-state index contributed by atoms with van der Waals surface area (Å²) in [5.41, 5.74) is 4.04. The maximum absolute atomic E-state index is 5.53. The molecule has 0 atom stereocenters. The summed E-state index contributed by atoms with van der Waals surface area (Å²) in [5, 5.41) is 0. The number of aliphatic imine (C=N–C) groups is 2. The van der Waals surface area contributed by atoms with Crippen LogP contribution < -0.4 is 0 Å². The highest BCUT2D eigenvalue weighted by Gasteiger charge is 2.30. The van der Waals surface area contributed by atoms with Crippen molar-refractivity contribution in [2.75, 3.05) is 7.11 Å². The van der Waals surface area contributed by atoms with Gasteiger partial charge in [-0.15, -0.1) is 0 Å². The summed E-state index contributed by atoms with van der Waals surface area (Å²) < 4.78 is 5.53. The third kappa shape index (κ3) is 5.14. The van der Waals surface area contributed by atoms with Gasteiger partial charge in [0.15, 0.2) is 0 Å². The van der Waals surface area contributed by atoms with Crippen LogP contribution in [0.5, 0.6) is 0 Å². The summed E-state index contributed by atoms with van der Waals surface area (Å²) in [4.78, 5) is 9.09. The first kappa shape index (κ1) is 18.1. The summed E-state index contributed by atoms with van der Waals surface area (Å²) in [7, 11) is 1.65. The number of hydrogen-bond donors (Lipinski definition) is 0. The topological polar surface area (TPSA) is 34.0 Å². The Labute approximate surface area is 134 Å². The van der Waals surface area contributed by atoms with Crippen LogP contribution in [0, 0.1) is 5.92 Å². The molecule has 0 aromatic carbocycles. The standard InChI is InChI=1S/C19H28N2O/c1-7-12-20-19(22-6)18(15(5)16-10-11-16)17(9-3)21-13-14(4)8-2/h8,12-13,16H,2,5,7,9-11H2,1,3-4,6H3/b14-13-,19-18-,20-12-,21-17-. The number of methoxy groups -OCH3 is 1. The van der Waals surface area contributed by atoms with E-state index in [-0.39, 0.29) is 0 Å². The molecule has 0 heterocycles. The third-order valence-electron chi connectivity index (χ3n) is 3.56. The van der Waals surface area contributed by atoms with Crippen molar-refractivity contribution < 1.29 is 4.74 Å². The van der Waals surface area contributed by atoms with Crippen molar-refractivity contribution in [3.63, 3.8) is 0 Å². The van der Waals surface area contributed by atoms with Crippen molar-refractivity contribution in [3.8, 4) is 0 Å². The van der Waals surface area contributed by atoms with Crippen LogP contribution in [0.4, 0.5) is 0 Å². The van der Waals surface area contributed by atoms with Gasteiger partial charge in [-0.3, -0.25) is 4.99 Å². The summed E-state index contributed by atoms with van der Waals surface area (Å²) in [6.45, 7) is 14.2. The number of rotatable bonds is 9. The maximum atomic E-state index is 5.53. The minimum atomic E-state index is 0.540. The highest BCUT2D eigenvalue weighted by atomic mass is 16.5. The lowest BCUT2D eigenvalue weighted by Crippen LogP contribution is -2.09. The second kappa shape index (κ2) is 9.19. The van der Waals surface area contributed by atoms with E-state index in [1.54, 1.807) is 13.2 Å². The minimum Gasteiger partial charge on any atom is -0.481 e. The molecule has 22 heavy (non-hydrogen) atoms. The van der Waals surface area contributed by atoms with E-state index in [0.29, 0.717) is 11.8 Å². The first-order valence-electron chi connectivity index (χ1n) is 7.95. The predicted molar refractivity (Wildman–Crippen MR) is 96.4 cm³/mol. The van der Waals surface area contributed by atoms with Crippen molar-refractivity contribution >= 4 is 11.9 Å². The van der Waals surface area contributed by atoms with Gasteiger partial charge in [0.1, 0.15) is 0 Å². The zero-order valence-corrected chi connectivity index (χ0v) is 14.4. The lowest BCUT2D eigenvalue weighted by atomic mass is 9.97. The smallest absolute Gasteiger partial charge is 0.222 e. The van der Waals surface area contributed by atoms with Gasteiger partial charge in [0.25, 0.3) is 0 Å². The van der Waals surface area contributed by atoms with Gasteiger partial charge in [-0.1, -0.05) is 33.1 Å². The number of hydrogen-bond acceptors (Lipinski definition) is 3. The van der Waals surface area contributed by atoms with Gasteiger partial charge in [0, 0.05) is 12.4 Å². The van der Waals surface area contributed by atoms with Crippen molar-refractivity contribution in [2.24, 2.45) is 15.9 Å². The fraction of sp³-hybridized carbons (Fsp3) is 0.474. The minimum absolute atomic E-state index is 0.540. The van der Waals surface area contributed by atoms with E-state index in [0.717, 1.165) is 35.3 Å². The molecule has 120 valence electrons. The number of ether oxygens (including phenoxy) is 1. The molecule has 0 spiro atoms. The lowest BCUT2D eigenvalue weighted by molar-refractivity contribution is 0.286. The summed E-state index contributed by atoms with van der Waals surface area (Å²) in [5.74, 6) is 1.15. The van der Waals surface area contributed by atoms with Crippen LogP contribution in [0.2, 0.25) is 0 Å². The second-order valence-corrected chi connectivity index (χ2v) is 5.41. The Balaban J connectivity index is 3.33. The van der Waals surface area contributed by atoms with Gasteiger partial charge in [0.2, 0.25) is 5.88 Å². The molecule has 0 unspecified atom stereocenters. The summed E-state index contributed by atoms with van der Waals surface area (Å²) in [6.07, 6.45) is 9.54. The Hall–Kier alpha value is -1.90. The van der Waals surface area contributed by atoms with Crippen molar-refractivity contribution in [1.29, 1.82) is 0 Å². The molecule has 0 bridgehead atoms. The van der Waals surface area contributed by atoms with E-state index in [4.69, 9.17) is 4.74 Å². The maximum Gasteiger partial charge on any atom is 0.222 e. The molecule has 0 aromatic rings. The van der Waals surface area contributed by atoms with E-state index in [2.05, 4.69) is 37.0 Å². The monoisotopic (exact) mass is 300 g/mol. The van der Waals surface area contributed by atoms with Crippen LogP contribution in [0.15, 0.2) is 58.0 Å². The molecule has 0 aromatic heterocycles. The fourth-order valence-electron chi connectivity index (χ4n) is 2.04. The van der Waals surface area contributed by atoms with Crippen molar-refractivity contribution in [2.45, 2.75) is 46.5 Å². The number of allylic oxidation sites excluding steroid dienone is 4. The zero-order valence-electron chi connectivity index (χ0n) is 14.4. The normalized spacial score (nSPS) is 17.5. The third-order valence-corrected chi connectivity index (χ3v) is 3.56. The van der Waals surface area contributed by atoms with Crippen LogP contribution in [0.25, 0.3) is 0 Å². The van der Waals surface area contributed by atoms with Crippen LogP contribution >= 0.6 is 0 Å². The van der Waals surface area contributed by atoms with E-state index in [9.17, 15) is 0 Å². The summed E-state index contributed by atoms with van der Waals surface area (Å²) in [6, 6.07) is 0. The van der Waals surface area contributed by atoms with E-state index < -0.39 is 0 Å². The molecule has 0 N–H and O–H groups in total. The molecule has 1 fully saturated rings. The molecule has 1 aliphatic carbocycles. The van der Waals surface area contributed by atoms with Gasteiger partial charge in [-0.05, 0) is 49.7 Å². The Bertz CT molecular complexity index is 532. The quantitative estimate of drug-likeness (QED) is 0.326. The van der Waals surface area contributed by atoms with Gasteiger partial charge < -0.3 is 4.74 Å². The highest BCUT2D eigenvalue weighted by molar-refractivity contribution is 6.04. The molecule has 1 rings (SSSR count). The molecule has 1 aliphatic rings. The van der Waals surface area contributed by atoms with Crippen LogP contribution in [0.3, 0.4) is 0 Å². The van der Waals surface area contributed by atoms with Crippen molar-refractivity contribution in [3.05, 3.63) is 48.0 Å². The first-order chi connectivity index (χ1) is 10.6. The molecule has 0 aliphatic heterocycles. The van der Waals surface area contributed by atoms with Crippen LogP contribution in [0.1, 0.15) is 46.5 Å². The molecule has 0 saturated heterocycles. The highest BCUT2D eigenvalue weighted by Crippen LogP contribution is 2.40. The largest absolute Gasteiger partial charge is 0.481 e. The van der Waals surface area contributed by atoms with Gasteiger partial charge in [0.05, 0.1) is 18.4 Å². The average molecular weight is 300 g/mol. The predicted octanol–water partition coefficient (Wildman–Crippen LogP) is 5.23. The summed E-state index contributed by atoms with van der Waals surface area (Å²) >= 11 is 0. The Kier molecular flexibility index (Phi) is 7.58. The van der Waals surface area contributed by atoms with E-state index in [1.807, 2.05) is 19.3 Å². The molecule has 0 amide bonds. The van der Waals surface area contributed by atoms with Gasteiger partial charge >= 0.3 is 0 Å².